The summed E-state index contributed by atoms with van der Waals surface area (Å²) >= 11 is 0. The topological polar surface area (TPSA) is 49.9 Å². The molecule has 0 aromatic carbocycles. The first-order chi connectivity index (χ1) is 8.45. The number of sulfonamides is 1. The minimum atomic E-state index is -3.10. The first kappa shape index (κ1) is 15.9. The van der Waals surface area contributed by atoms with Crippen molar-refractivity contribution in [3.8, 4) is 0 Å². The van der Waals surface area contributed by atoms with Gasteiger partial charge in [-0.25, -0.2) is 12.7 Å². The van der Waals surface area contributed by atoms with E-state index in [9.17, 15) is 8.42 Å². The van der Waals surface area contributed by atoms with E-state index in [-0.39, 0.29) is 12.4 Å². The van der Waals surface area contributed by atoms with E-state index >= 15 is 0 Å². The van der Waals surface area contributed by atoms with Gasteiger partial charge in [-0.1, -0.05) is 0 Å². The molecule has 0 amide bonds. The lowest BCUT2D eigenvalue weighted by molar-refractivity contribution is 0.211. The highest BCUT2D eigenvalue weighted by atomic mass is 32.2. The Morgan fingerprint density at radius 2 is 1.89 bits per heavy atom. The van der Waals surface area contributed by atoms with Crippen LogP contribution in [0.15, 0.2) is 0 Å². The number of nitrogens with zero attached hydrogens (tertiary/aromatic N) is 2. The van der Waals surface area contributed by atoms with Gasteiger partial charge in [0.15, 0.2) is 0 Å². The van der Waals surface area contributed by atoms with Gasteiger partial charge in [-0.15, -0.1) is 0 Å². The van der Waals surface area contributed by atoms with Crippen LogP contribution in [0.25, 0.3) is 0 Å². The van der Waals surface area contributed by atoms with Crippen molar-refractivity contribution in [3.63, 3.8) is 0 Å². The molecule has 0 aliphatic carbocycles. The smallest absolute Gasteiger partial charge is 0.216 e. The van der Waals surface area contributed by atoms with Gasteiger partial charge < -0.3 is 9.64 Å². The molecule has 0 radical (unpaired) electrons. The van der Waals surface area contributed by atoms with Gasteiger partial charge in [-0.3, -0.25) is 0 Å². The molecule has 6 heteroatoms. The quantitative estimate of drug-likeness (QED) is 0.685. The zero-order chi connectivity index (χ0) is 13.6. The summed E-state index contributed by atoms with van der Waals surface area (Å²) in [4.78, 5) is 2.18. The van der Waals surface area contributed by atoms with Gasteiger partial charge >= 0.3 is 0 Å². The van der Waals surface area contributed by atoms with Gasteiger partial charge in [0.25, 0.3) is 0 Å². The van der Waals surface area contributed by atoms with Gasteiger partial charge in [-0.05, 0) is 45.8 Å². The lowest BCUT2D eigenvalue weighted by Gasteiger charge is -2.31. The fourth-order valence-corrected chi connectivity index (χ4v) is 3.64. The molecule has 0 atom stereocenters. The lowest BCUT2D eigenvalue weighted by Crippen LogP contribution is -2.40. The monoisotopic (exact) mass is 278 g/mol. The summed E-state index contributed by atoms with van der Waals surface area (Å²) < 4.78 is 30.4. The average molecular weight is 278 g/mol. The van der Waals surface area contributed by atoms with Gasteiger partial charge in [0.05, 0.1) is 12.4 Å². The maximum atomic E-state index is 12.0. The molecule has 0 aromatic heterocycles. The van der Waals surface area contributed by atoms with Crippen molar-refractivity contribution in [3.05, 3.63) is 0 Å². The summed E-state index contributed by atoms with van der Waals surface area (Å²) in [6.07, 6.45) is 3.14. The number of hydrogen-bond donors (Lipinski definition) is 0. The van der Waals surface area contributed by atoms with E-state index in [0.29, 0.717) is 19.0 Å². The molecule has 5 nitrogen and oxygen atoms in total. The van der Waals surface area contributed by atoms with E-state index < -0.39 is 10.0 Å². The first-order valence-electron chi connectivity index (χ1n) is 6.57. The Morgan fingerprint density at radius 1 is 1.28 bits per heavy atom. The van der Waals surface area contributed by atoms with Crippen molar-refractivity contribution < 1.29 is 13.2 Å². The minimum Gasteiger partial charge on any atom is -0.384 e. The number of methoxy groups -OCH3 is 1. The fraction of sp³-hybridized carbons (Fsp3) is 1.00. The normalized spacial score (nSPS) is 19.6. The highest BCUT2D eigenvalue weighted by Gasteiger charge is 2.27. The molecule has 108 valence electrons. The Bertz CT molecular complexity index is 322. The second kappa shape index (κ2) is 7.43. The molecule has 1 aliphatic rings. The van der Waals surface area contributed by atoms with Crippen LogP contribution in [0.2, 0.25) is 0 Å². The van der Waals surface area contributed by atoms with Crippen LogP contribution in [0.5, 0.6) is 0 Å². The summed E-state index contributed by atoms with van der Waals surface area (Å²) in [5.74, 6) is 0.771. The van der Waals surface area contributed by atoms with Crippen molar-refractivity contribution >= 4 is 10.0 Å². The van der Waals surface area contributed by atoms with Gasteiger partial charge in [0.1, 0.15) is 0 Å². The largest absolute Gasteiger partial charge is 0.384 e. The summed E-state index contributed by atoms with van der Waals surface area (Å²) in [6.45, 7) is 2.71. The van der Waals surface area contributed by atoms with E-state index in [1.165, 1.54) is 13.5 Å². The van der Waals surface area contributed by atoms with Crippen LogP contribution >= 0.6 is 0 Å². The lowest BCUT2D eigenvalue weighted by atomic mass is 9.94. The second-order valence-corrected chi connectivity index (χ2v) is 7.33. The number of ether oxygens (including phenoxy) is 1. The third-order valence-corrected chi connectivity index (χ3v) is 5.33. The van der Waals surface area contributed by atoms with E-state index in [1.807, 2.05) is 0 Å². The number of rotatable bonds is 7. The third kappa shape index (κ3) is 5.22. The van der Waals surface area contributed by atoms with Crippen molar-refractivity contribution in [1.29, 1.82) is 0 Å². The van der Waals surface area contributed by atoms with Gasteiger partial charge in [0, 0.05) is 20.2 Å². The summed E-state index contributed by atoms with van der Waals surface area (Å²) in [5, 5.41) is 0. The van der Waals surface area contributed by atoms with E-state index in [2.05, 4.69) is 19.0 Å². The van der Waals surface area contributed by atoms with Crippen molar-refractivity contribution in [2.24, 2.45) is 5.92 Å². The average Bonchev–Trinajstić information content (AvgIpc) is 2.34. The van der Waals surface area contributed by atoms with Crippen LogP contribution in [0.4, 0.5) is 0 Å². The Balaban J connectivity index is 2.34. The second-order valence-electron chi connectivity index (χ2n) is 5.24. The van der Waals surface area contributed by atoms with Crippen LogP contribution in [0.1, 0.15) is 19.3 Å². The van der Waals surface area contributed by atoms with Crippen molar-refractivity contribution in [2.75, 3.05) is 53.2 Å². The third-order valence-electron chi connectivity index (χ3n) is 3.50. The van der Waals surface area contributed by atoms with Crippen LogP contribution in [-0.2, 0) is 14.8 Å². The molecule has 0 N–H and O–H groups in total. The molecule has 0 unspecified atom stereocenters. The highest BCUT2D eigenvalue weighted by molar-refractivity contribution is 7.89. The summed E-state index contributed by atoms with van der Waals surface area (Å²) in [6, 6.07) is 0. The molecule has 1 fully saturated rings. The van der Waals surface area contributed by atoms with E-state index in [4.69, 9.17) is 4.74 Å². The Kier molecular flexibility index (Phi) is 6.55. The molecule has 1 rings (SSSR count). The van der Waals surface area contributed by atoms with Gasteiger partial charge in [0.2, 0.25) is 10.0 Å². The summed E-state index contributed by atoms with van der Waals surface area (Å²) in [5.41, 5.74) is 0. The standard InChI is InChI=1S/C12H26N2O3S/c1-13(2)7-4-12-5-8-14(9-6-12)18(15,16)11-10-17-3/h12H,4-11H2,1-3H3. The Morgan fingerprint density at radius 3 is 2.39 bits per heavy atom. The molecule has 0 spiro atoms. The summed E-state index contributed by atoms with van der Waals surface area (Å²) in [7, 11) is 2.58. The number of piperidine rings is 1. The zero-order valence-electron chi connectivity index (χ0n) is 11.8. The predicted octanol–water partition coefficient (Wildman–Crippen LogP) is 0.626. The molecule has 18 heavy (non-hydrogen) atoms. The maximum absolute atomic E-state index is 12.0. The van der Waals surface area contributed by atoms with Gasteiger partial charge in [-0.2, -0.15) is 0 Å². The first-order valence-corrected chi connectivity index (χ1v) is 8.18. The molecule has 1 saturated heterocycles. The molecular weight excluding hydrogens is 252 g/mol. The van der Waals surface area contributed by atoms with Crippen LogP contribution in [0, 0.1) is 5.92 Å². The maximum Gasteiger partial charge on any atom is 0.216 e. The fourth-order valence-electron chi connectivity index (χ4n) is 2.23. The van der Waals surface area contributed by atoms with Crippen LogP contribution < -0.4 is 0 Å². The van der Waals surface area contributed by atoms with Crippen LogP contribution in [-0.4, -0.2) is 70.8 Å². The van der Waals surface area contributed by atoms with E-state index in [1.54, 1.807) is 4.31 Å². The predicted molar refractivity (Wildman–Crippen MR) is 73.1 cm³/mol. The van der Waals surface area contributed by atoms with Crippen molar-refractivity contribution in [2.45, 2.75) is 19.3 Å². The highest BCUT2D eigenvalue weighted by Crippen LogP contribution is 2.22. The van der Waals surface area contributed by atoms with Crippen LogP contribution in [0.3, 0.4) is 0 Å². The molecular formula is C12H26N2O3S. The molecule has 0 bridgehead atoms. The minimum absolute atomic E-state index is 0.103. The molecule has 1 heterocycles. The van der Waals surface area contributed by atoms with E-state index in [0.717, 1.165) is 19.4 Å². The van der Waals surface area contributed by atoms with Crippen molar-refractivity contribution in [1.82, 2.24) is 9.21 Å². The molecule has 0 saturated carbocycles. The zero-order valence-corrected chi connectivity index (χ0v) is 12.6. The SMILES string of the molecule is COCCS(=O)(=O)N1CCC(CCN(C)C)CC1. The molecule has 1 aliphatic heterocycles. The Hall–Kier alpha value is -0.170. The molecule has 0 aromatic rings. The Labute approximate surface area is 111 Å². The number of hydrogen-bond acceptors (Lipinski definition) is 4.